The largest absolute Gasteiger partial charge is 0.344 e. The molecule has 1 heterocycles. The van der Waals surface area contributed by atoms with E-state index in [4.69, 9.17) is 9.98 Å². The number of nitrogens with zero attached hydrogens (tertiary/aromatic N) is 2. The van der Waals surface area contributed by atoms with Crippen LogP contribution < -0.4 is 5.32 Å². The molecule has 0 radical (unpaired) electrons. The van der Waals surface area contributed by atoms with Gasteiger partial charge in [-0.3, -0.25) is 0 Å². The summed E-state index contributed by atoms with van der Waals surface area (Å²) in [5.41, 5.74) is 21.1. The van der Waals surface area contributed by atoms with Gasteiger partial charge in [-0.1, -0.05) is 218 Å². The van der Waals surface area contributed by atoms with E-state index >= 15 is 0 Å². The molecule has 3 aliphatic carbocycles. The monoisotopic (exact) mass is 829 g/mol. The molecule has 0 saturated heterocycles. The zero-order valence-corrected chi connectivity index (χ0v) is 35.7. The third-order valence-electron chi connectivity index (χ3n) is 14.1. The van der Waals surface area contributed by atoms with Crippen molar-refractivity contribution in [2.24, 2.45) is 9.98 Å². The molecule has 0 saturated carbocycles. The summed E-state index contributed by atoms with van der Waals surface area (Å²) in [7, 11) is 0. The van der Waals surface area contributed by atoms with Crippen molar-refractivity contribution in [1.82, 2.24) is 5.32 Å². The highest BCUT2D eigenvalue weighted by molar-refractivity contribution is 6.13. The Balaban J connectivity index is 0.916. The third-order valence-corrected chi connectivity index (χ3v) is 14.1. The number of amidine groups is 2. The maximum atomic E-state index is 5.22. The van der Waals surface area contributed by atoms with Crippen LogP contribution in [0, 0.1) is 0 Å². The van der Waals surface area contributed by atoms with Gasteiger partial charge in [0.1, 0.15) is 12.0 Å². The highest BCUT2D eigenvalue weighted by Gasteiger charge is 2.52. The number of aliphatic imine (C=N–C) groups is 2. The fourth-order valence-corrected chi connectivity index (χ4v) is 11.1. The van der Waals surface area contributed by atoms with Crippen LogP contribution in [-0.4, -0.2) is 11.7 Å². The second-order valence-electron chi connectivity index (χ2n) is 17.5. The Kier molecular flexibility index (Phi) is 8.64. The van der Waals surface area contributed by atoms with E-state index < -0.39 is 0 Å². The summed E-state index contributed by atoms with van der Waals surface area (Å²) in [6.45, 7) is 0. The molecule has 2 atom stereocenters. The maximum Gasteiger partial charge on any atom is 0.159 e. The first-order chi connectivity index (χ1) is 32.2. The first kappa shape index (κ1) is 37.4. The van der Waals surface area contributed by atoms with Gasteiger partial charge in [-0.2, -0.15) is 0 Å². The van der Waals surface area contributed by atoms with Crippen LogP contribution in [0.5, 0.6) is 0 Å². The minimum atomic E-state index is -0.359. The lowest BCUT2D eigenvalue weighted by Crippen LogP contribution is -2.33. The summed E-state index contributed by atoms with van der Waals surface area (Å²) >= 11 is 0. The Morgan fingerprint density at radius 2 is 1.06 bits per heavy atom. The van der Waals surface area contributed by atoms with Crippen LogP contribution in [0.4, 0.5) is 0 Å². The first-order valence-corrected chi connectivity index (χ1v) is 22.7. The molecule has 0 fully saturated rings. The first-order valence-electron chi connectivity index (χ1n) is 22.7. The standard InChI is InChI=1S/C62H43N3/c1-3-15-40(16-4-1)41-27-31-45(32-28-41)60-63-59(44-18-5-2-6-19-44)64-61(65-60)46-33-29-43(30-34-46)58-48-20-8-7-17-42(48)35-37-49(58)47-36-38-53-52-23-11-14-26-56(52)62(57(53)39-47)54-24-12-9-21-50(54)51-22-10-13-25-55(51)62/h1-9,11-21,23-39,61H,10,22H2,(H,63,64,65). The number of benzene rings is 9. The predicted octanol–water partition coefficient (Wildman–Crippen LogP) is 14.8. The van der Waals surface area contributed by atoms with Crippen molar-refractivity contribution in [2.45, 2.75) is 24.4 Å². The normalized spacial score (nSPS) is 17.8. The number of hydrogen-bond acceptors (Lipinski definition) is 3. The number of nitrogens with one attached hydrogen (secondary N) is 1. The summed E-state index contributed by atoms with van der Waals surface area (Å²) < 4.78 is 0. The van der Waals surface area contributed by atoms with E-state index in [0.29, 0.717) is 5.84 Å². The summed E-state index contributed by atoms with van der Waals surface area (Å²) in [4.78, 5) is 10.3. The van der Waals surface area contributed by atoms with Crippen molar-refractivity contribution in [1.29, 1.82) is 0 Å². The summed E-state index contributed by atoms with van der Waals surface area (Å²) in [6.07, 6.45) is 6.63. The highest BCUT2D eigenvalue weighted by atomic mass is 15.2. The zero-order valence-electron chi connectivity index (χ0n) is 35.7. The molecule has 0 amide bonds. The summed E-state index contributed by atoms with van der Waals surface area (Å²) in [6, 6.07) is 77.4. The topological polar surface area (TPSA) is 36.8 Å². The Hall–Kier alpha value is -8.14. The van der Waals surface area contributed by atoms with Gasteiger partial charge in [-0.05, 0) is 113 Å². The van der Waals surface area contributed by atoms with Crippen molar-refractivity contribution in [3.05, 3.63) is 269 Å². The molecule has 306 valence electrons. The second-order valence-corrected chi connectivity index (χ2v) is 17.5. The molecular weight excluding hydrogens is 787 g/mol. The lowest BCUT2D eigenvalue weighted by molar-refractivity contribution is 0.674. The van der Waals surface area contributed by atoms with Gasteiger partial charge in [-0.25, -0.2) is 9.98 Å². The molecule has 0 bridgehead atoms. The number of fused-ring (bicyclic) bond motifs is 10. The minimum absolute atomic E-state index is 0.329. The van der Waals surface area contributed by atoms with Crippen molar-refractivity contribution < 1.29 is 0 Å². The maximum absolute atomic E-state index is 5.22. The van der Waals surface area contributed by atoms with Crippen LogP contribution in [0.15, 0.2) is 240 Å². The van der Waals surface area contributed by atoms with Crippen LogP contribution in [-0.2, 0) is 5.41 Å². The molecule has 4 aliphatic rings. The average molecular weight is 830 g/mol. The van der Waals surface area contributed by atoms with Crippen LogP contribution in [0.3, 0.4) is 0 Å². The van der Waals surface area contributed by atoms with E-state index in [1.165, 1.54) is 88.7 Å². The van der Waals surface area contributed by atoms with Gasteiger partial charge in [0.2, 0.25) is 0 Å². The van der Waals surface area contributed by atoms with E-state index in [9.17, 15) is 0 Å². The van der Waals surface area contributed by atoms with Gasteiger partial charge in [-0.15, -0.1) is 0 Å². The Morgan fingerprint density at radius 1 is 0.462 bits per heavy atom. The second kappa shape index (κ2) is 15.0. The lowest BCUT2D eigenvalue weighted by Gasteiger charge is -2.32. The van der Waals surface area contributed by atoms with E-state index in [-0.39, 0.29) is 11.6 Å². The molecule has 2 unspecified atom stereocenters. The smallest absolute Gasteiger partial charge is 0.159 e. The predicted molar refractivity (Wildman–Crippen MR) is 269 cm³/mol. The van der Waals surface area contributed by atoms with Crippen molar-refractivity contribution in [3.8, 4) is 44.5 Å². The third kappa shape index (κ3) is 5.89. The molecule has 1 aliphatic heterocycles. The SMILES string of the molecule is C1=CC2=C(CC1)c1ccccc1C21c2ccccc2-c2ccc(-c3ccc4ccccc4c3-c3ccc(C4N=C(c5ccccc5)N=C(c5ccc(-c6ccccc6)cc5)N4)cc3)cc21. The molecule has 1 spiro atoms. The van der Waals surface area contributed by atoms with Crippen LogP contribution >= 0.6 is 0 Å². The van der Waals surface area contributed by atoms with Gasteiger partial charge in [0.05, 0.1) is 5.41 Å². The molecule has 65 heavy (non-hydrogen) atoms. The number of hydrogen-bond donors (Lipinski definition) is 1. The van der Waals surface area contributed by atoms with Crippen LogP contribution in [0.1, 0.15) is 58.0 Å². The molecule has 0 aromatic heterocycles. The highest BCUT2D eigenvalue weighted by Crippen LogP contribution is 2.63. The van der Waals surface area contributed by atoms with E-state index in [1.807, 2.05) is 18.2 Å². The molecule has 3 nitrogen and oxygen atoms in total. The minimum Gasteiger partial charge on any atom is -0.344 e. The van der Waals surface area contributed by atoms with E-state index in [0.717, 1.165) is 35.4 Å². The Morgan fingerprint density at radius 3 is 1.86 bits per heavy atom. The van der Waals surface area contributed by atoms with Gasteiger partial charge in [0.25, 0.3) is 0 Å². The van der Waals surface area contributed by atoms with E-state index in [1.54, 1.807) is 0 Å². The van der Waals surface area contributed by atoms with Gasteiger partial charge in [0.15, 0.2) is 5.84 Å². The zero-order chi connectivity index (χ0) is 42.9. The van der Waals surface area contributed by atoms with Crippen molar-refractivity contribution in [2.75, 3.05) is 0 Å². The molecule has 9 aromatic carbocycles. The van der Waals surface area contributed by atoms with Crippen molar-refractivity contribution >= 4 is 28.0 Å². The average Bonchev–Trinajstić information content (AvgIpc) is 3.86. The fourth-order valence-electron chi connectivity index (χ4n) is 11.1. The van der Waals surface area contributed by atoms with Crippen molar-refractivity contribution in [3.63, 3.8) is 0 Å². The van der Waals surface area contributed by atoms with Gasteiger partial charge >= 0.3 is 0 Å². The van der Waals surface area contributed by atoms with Crippen LogP contribution in [0.25, 0.3) is 60.9 Å². The van der Waals surface area contributed by atoms with Gasteiger partial charge < -0.3 is 5.32 Å². The number of rotatable bonds is 6. The molecular formula is C62H43N3. The fraction of sp³-hybridized carbons (Fsp3) is 0.0645. The quantitative estimate of drug-likeness (QED) is 0.178. The Bertz CT molecular complexity index is 3480. The van der Waals surface area contributed by atoms with Crippen LogP contribution in [0.2, 0.25) is 0 Å². The molecule has 13 rings (SSSR count). The molecule has 3 heteroatoms. The summed E-state index contributed by atoms with van der Waals surface area (Å²) in [5.74, 6) is 1.52. The lowest BCUT2D eigenvalue weighted by atomic mass is 9.68. The molecule has 9 aromatic rings. The Labute approximate surface area is 379 Å². The summed E-state index contributed by atoms with van der Waals surface area (Å²) in [5, 5.41) is 6.16. The van der Waals surface area contributed by atoms with Gasteiger partial charge in [0, 0.05) is 11.1 Å². The molecule has 1 N–H and O–H groups in total. The number of allylic oxidation sites excluding steroid dienone is 4. The van der Waals surface area contributed by atoms with E-state index in [2.05, 4.69) is 212 Å².